The predicted octanol–water partition coefficient (Wildman–Crippen LogP) is 4.69. The van der Waals surface area contributed by atoms with Gasteiger partial charge in [-0.15, -0.1) is 11.3 Å². The van der Waals surface area contributed by atoms with E-state index in [1.165, 1.54) is 11.3 Å². The van der Waals surface area contributed by atoms with E-state index in [0.29, 0.717) is 37.0 Å². The van der Waals surface area contributed by atoms with E-state index >= 15 is 0 Å². The fourth-order valence-corrected chi connectivity index (χ4v) is 5.19. The Labute approximate surface area is 192 Å². The average Bonchev–Trinajstić information content (AvgIpc) is 3.49. The molecule has 32 heavy (non-hydrogen) atoms. The molecule has 7 heteroatoms. The van der Waals surface area contributed by atoms with Gasteiger partial charge in [0.05, 0.1) is 24.3 Å². The van der Waals surface area contributed by atoms with Gasteiger partial charge < -0.3 is 19.5 Å². The van der Waals surface area contributed by atoms with Crippen molar-refractivity contribution in [1.82, 2.24) is 4.90 Å². The van der Waals surface area contributed by atoms with Crippen molar-refractivity contribution in [2.24, 2.45) is 5.92 Å². The second-order valence-electron chi connectivity index (χ2n) is 8.78. The van der Waals surface area contributed by atoms with Crippen molar-refractivity contribution in [2.45, 2.75) is 45.8 Å². The Morgan fingerprint density at radius 2 is 2.00 bits per heavy atom. The minimum Gasteiger partial charge on any atom is -0.507 e. The average molecular weight is 456 g/mol. The minimum absolute atomic E-state index is 0.0894. The molecule has 170 valence electrons. The monoisotopic (exact) mass is 455 g/mol. The number of ketones is 1. The van der Waals surface area contributed by atoms with E-state index in [1.807, 2.05) is 18.4 Å². The van der Waals surface area contributed by atoms with Gasteiger partial charge in [0.25, 0.3) is 11.7 Å². The second-order valence-corrected chi connectivity index (χ2v) is 9.73. The predicted molar refractivity (Wildman–Crippen MR) is 124 cm³/mol. The molecule has 2 atom stereocenters. The van der Waals surface area contributed by atoms with E-state index in [2.05, 4.69) is 13.8 Å². The molecule has 2 saturated heterocycles. The molecule has 0 saturated carbocycles. The van der Waals surface area contributed by atoms with Gasteiger partial charge >= 0.3 is 0 Å². The fourth-order valence-electron chi connectivity index (χ4n) is 4.14. The summed E-state index contributed by atoms with van der Waals surface area (Å²) in [6, 6.07) is 8.33. The third-order valence-electron chi connectivity index (χ3n) is 5.83. The maximum absolute atomic E-state index is 13.1. The molecule has 2 fully saturated rings. The Morgan fingerprint density at radius 1 is 1.25 bits per heavy atom. The minimum atomic E-state index is -0.654. The molecular formula is C25H29NO5S. The van der Waals surface area contributed by atoms with Crippen molar-refractivity contribution in [3.63, 3.8) is 0 Å². The highest BCUT2D eigenvalue weighted by Gasteiger charge is 2.47. The van der Waals surface area contributed by atoms with E-state index in [0.717, 1.165) is 23.3 Å². The highest BCUT2D eigenvalue weighted by Crippen LogP contribution is 2.43. The lowest BCUT2D eigenvalue weighted by molar-refractivity contribution is -0.140. The molecule has 2 aromatic rings. The maximum atomic E-state index is 13.1. The number of likely N-dealkylation sites (tertiary alicyclic amines) is 1. The molecule has 0 spiro atoms. The lowest BCUT2D eigenvalue weighted by Gasteiger charge is -2.27. The van der Waals surface area contributed by atoms with Gasteiger partial charge in [0.2, 0.25) is 0 Å². The van der Waals surface area contributed by atoms with Gasteiger partial charge in [0.1, 0.15) is 11.5 Å². The maximum Gasteiger partial charge on any atom is 0.295 e. The van der Waals surface area contributed by atoms with E-state index in [1.54, 1.807) is 29.2 Å². The number of nitrogens with zero attached hydrogens (tertiary/aromatic N) is 1. The highest BCUT2D eigenvalue weighted by molar-refractivity contribution is 7.10. The summed E-state index contributed by atoms with van der Waals surface area (Å²) in [5.41, 5.74) is 1.60. The quantitative estimate of drug-likeness (QED) is 0.372. The molecule has 0 aliphatic carbocycles. The van der Waals surface area contributed by atoms with Crippen molar-refractivity contribution in [3.8, 4) is 5.75 Å². The van der Waals surface area contributed by atoms with E-state index in [9.17, 15) is 14.7 Å². The van der Waals surface area contributed by atoms with Crippen molar-refractivity contribution in [1.29, 1.82) is 0 Å². The first-order valence-electron chi connectivity index (χ1n) is 11.0. The first-order chi connectivity index (χ1) is 15.4. The van der Waals surface area contributed by atoms with Crippen molar-refractivity contribution in [2.75, 3.05) is 19.8 Å². The number of amides is 1. The summed E-state index contributed by atoms with van der Waals surface area (Å²) in [5.74, 6) is -0.307. The van der Waals surface area contributed by atoms with Crippen molar-refractivity contribution >= 4 is 28.8 Å². The van der Waals surface area contributed by atoms with Gasteiger partial charge in [-0.1, -0.05) is 13.8 Å². The van der Waals surface area contributed by atoms with Gasteiger partial charge in [-0.2, -0.15) is 0 Å². The Hall–Kier alpha value is -2.64. The molecule has 1 aromatic carbocycles. The van der Waals surface area contributed by atoms with Crippen LogP contribution in [0.15, 0.2) is 41.3 Å². The zero-order valence-corrected chi connectivity index (χ0v) is 19.5. The molecule has 2 aliphatic heterocycles. The number of aryl methyl sites for hydroxylation is 1. The van der Waals surface area contributed by atoms with Crippen LogP contribution in [0.2, 0.25) is 0 Å². The second kappa shape index (κ2) is 9.46. The van der Waals surface area contributed by atoms with Crippen LogP contribution >= 0.6 is 11.3 Å². The van der Waals surface area contributed by atoms with Crippen molar-refractivity contribution < 1.29 is 24.2 Å². The van der Waals surface area contributed by atoms with Crippen LogP contribution in [-0.4, -0.2) is 47.6 Å². The zero-order chi connectivity index (χ0) is 22.8. The number of hydrogen-bond donors (Lipinski definition) is 1. The van der Waals surface area contributed by atoms with Crippen LogP contribution in [0, 0.1) is 12.8 Å². The number of aliphatic hydroxyl groups is 1. The van der Waals surface area contributed by atoms with Crippen LogP contribution < -0.4 is 4.74 Å². The number of benzene rings is 1. The van der Waals surface area contributed by atoms with Gasteiger partial charge in [-0.05, 0) is 67.0 Å². The number of carbonyl (C=O) groups excluding carboxylic acids is 2. The Balaban J connectivity index is 1.71. The lowest BCUT2D eigenvalue weighted by atomic mass is 9.98. The Kier molecular flexibility index (Phi) is 6.67. The molecule has 6 nitrogen and oxygen atoms in total. The summed E-state index contributed by atoms with van der Waals surface area (Å²) in [6.45, 7) is 7.70. The summed E-state index contributed by atoms with van der Waals surface area (Å²) < 4.78 is 11.4. The van der Waals surface area contributed by atoms with Gasteiger partial charge in [-0.3, -0.25) is 9.59 Å². The van der Waals surface area contributed by atoms with Crippen LogP contribution in [-0.2, 0) is 14.3 Å². The van der Waals surface area contributed by atoms with Crippen LogP contribution in [0.1, 0.15) is 48.7 Å². The first-order valence-corrected chi connectivity index (χ1v) is 11.9. The highest BCUT2D eigenvalue weighted by atomic mass is 32.1. The van der Waals surface area contributed by atoms with E-state index in [4.69, 9.17) is 9.47 Å². The lowest BCUT2D eigenvalue weighted by Crippen LogP contribution is -2.36. The Bertz CT molecular complexity index is 1020. The van der Waals surface area contributed by atoms with Crippen LogP contribution in [0.4, 0.5) is 0 Å². The normalized spacial score (nSPS) is 22.8. The number of rotatable bonds is 7. The molecule has 0 bridgehead atoms. The Morgan fingerprint density at radius 3 is 2.59 bits per heavy atom. The number of aliphatic hydroxyl groups excluding tert-OH is 1. The molecule has 3 heterocycles. The number of ether oxygens (including phenoxy) is 2. The topological polar surface area (TPSA) is 76.1 Å². The van der Waals surface area contributed by atoms with Gasteiger partial charge in [-0.25, -0.2) is 0 Å². The molecule has 0 radical (unpaired) electrons. The summed E-state index contributed by atoms with van der Waals surface area (Å²) in [6.07, 6.45) is 1.72. The summed E-state index contributed by atoms with van der Waals surface area (Å²) in [5, 5.41) is 13.1. The molecular weight excluding hydrogens is 426 g/mol. The van der Waals surface area contributed by atoms with Crippen molar-refractivity contribution in [3.05, 3.63) is 57.3 Å². The molecule has 4 rings (SSSR count). The fraction of sp³-hybridized carbons (Fsp3) is 0.440. The number of Topliss-reactive ketones (excluding diaryl/α,β-unsaturated/α-hetero) is 1. The smallest absolute Gasteiger partial charge is 0.295 e. The van der Waals surface area contributed by atoms with Crippen LogP contribution in [0.5, 0.6) is 5.75 Å². The largest absolute Gasteiger partial charge is 0.507 e. The molecule has 2 unspecified atom stereocenters. The molecule has 2 aliphatic rings. The number of carbonyl (C=O) groups is 2. The third kappa shape index (κ3) is 4.45. The number of thiophene rings is 1. The molecule has 1 aromatic heterocycles. The molecule has 1 amide bonds. The van der Waals surface area contributed by atoms with E-state index < -0.39 is 17.7 Å². The van der Waals surface area contributed by atoms with Gasteiger partial charge in [0, 0.05) is 23.6 Å². The van der Waals surface area contributed by atoms with Crippen LogP contribution in [0.25, 0.3) is 5.76 Å². The first kappa shape index (κ1) is 22.6. The third-order valence-corrected chi connectivity index (χ3v) is 6.90. The summed E-state index contributed by atoms with van der Waals surface area (Å²) >= 11 is 1.49. The SMILES string of the molecule is Cc1ccsc1C1/C(=C(/O)c2ccc(OCC(C)C)cc2)C(=O)C(=O)N1CC1CCCO1. The summed E-state index contributed by atoms with van der Waals surface area (Å²) in [4.78, 5) is 28.6. The summed E-state index contributed by atoms with van der Waals surface area (Å²) in [7, 11) is 0. The van der Waals surface area contributed by atoms with Crippen LogP contribution in [0.3, 0.4) is 0 Å². The zero-order valence-electron chi connectivity index (χ0n) is 18.7. The molecule has 1 N–H and O–H groups in total. The van der Waals surface area contributed by atoms with E-state index in [-0.39, 0.29) is 17.4 Å². The number of hydrogen-bond acceptors (Lipinski definition) is 6. The van der Waals surface area contributed by atoms with Gasteiger partial charge in [0.15, 0.2) is 0 Å². The standard InChI is InChI=1S/C25H29NO5S/c1-15(2)14-31-18-8-6-17(7-9-18)22(27)20-21(24-16(3)10-12-32-24)26(25(29)23(20)28)13-19-5-4-11-30-19/h6-10,12,15,19,21,27H,4-5,11,13-14H2,1-3H3/b22-20-.